The zero-order chi connectivity index (χ0) is 12.3. The van der Waals surface area contributed by atoms with Crippen LogP contribution in [0.1, 0.15) is 12.1 Å². The van der Waals surface area contributed by atoms with Crippen LogP contribution in [0.5, 0.6) is 0 Å². The largest absolute Gasteiger partial charge is 0.380 e. The van der Waals surface area contributed by atoms with Gasteiger partial charge in [-0.15, -0.1) is 0 Å². The second-order valence-electron chi connectivity index (χ2n) is 4.13. The van der Waals surface area contributed by atoms with Crippen LogP contribution in [0.3, 0.4) is 0 Å². The van der Waals surface area contributed by atoms with Crippen LogP contribution in [0, 0.1) is 0 Å². The molecule has 2 heterocycles. The first-order chi connectivity index (χ1) is 8.19. The van der Waals surface area contributed by atoms with Gasteiger partial charge < -0.3 is 9.64 Å². The number of likely N-dealkylation sites (tertiary alicyclic amines) is 1. The molecule has 1 fully saturated rings. The Morgan fingerprint density at radius 1 is 1.65 bits per heavy atom. The van der Waals surface area contributed by atoms with Crippen molar-refractivity contribution in [2.75, 3.05) is 20.2 Å². The number of carbonyl (C=O) groups excluding carboxylic acids is 1. The van der Waals surface area contributed by atoms with Crippen molar-refractivity contribution in [1.82, 2.24) is 9.88 Å². The molecule has 2 rings (SSSR count). The average Bonchev–Trinajstić information content (AvgIpc) is 2.81. The van der Waals surface area contributed by atoms with Crippen LogP contribution in [0.15, 0.2) is 22.8 Å². The summed E-state index contributed by atoms with van der Waals surface area (Å²) in [4.78, 5) is 18.0. The van der Waals surface area contributed by atoms with E-state index < -0.39 is 0 Å². The molecule has 17 heavy (non-hydrogen) atoms. The SMILES string of the molecule is COC1CCN(C(=O)Cc2ccc(Br)cn2)C1. The quantitative estimate of drug-likeness (QED) is 0.852. The van der Waals surface area contributed by atoms with Gasteiger partial charge in [0.1, 0.15) is 0 Å². The molecular formula is C12H15BrN2O2. The van der Waals surface area contributed by atoms with E-state index >= 15 is 0 Å². The van der Waals surface area contributed by atoms with Crippen molar-refractivity contribution in [3.8, 4) is 0 Å². The van der Waals surface area contributed by atoms with Gasteiger partial charge in [0, 0.05) is 36.6 Å². The Kier molecular flexibility index (Phi) is 4.12. The van der Waals surface area contributed by atoms with Gasteiger partial charge in [-0.3, -0.25) is 9.78 Å². The maximum atomic E-state index is 12.0. The molecule has 5 heteroatoms. The molecule has 1 aliphatic rings. The zero-order valence-corrected chi connectivity index (χ0v) is 11.3. The molecule has 0 N–H and O–H groups in total. The maximum Gasteiger partial charge on any atom is 0.228 e. The molecule has 0 bridgehead atoms. The number of nitrogens with zero attached hydrogens (tertiary/aromatic N) is 2. The second-order valence-corrected chi connectivity index (χ2v) is 5.05. The molecule has 0 aromatic carbocycles. The van der Waals surface area contributed by atoms with Crippen LogP contribution in [-0.2, 0) is 16.0 Å². The van der Waals surface area contributed by atoms with E-state index in [9.17, 15) is 4.79 Å². The van der Waals surface area contributed by atoms with E-state index in [4.69, 9.17) is 4.74 Å². The minimum Gasteiger partial charge on any atom is -0.380 e. The number of ether oxygens (including phenoxy) is 1. The first-order valence-corrected chi connectivity index (χ1v) is 6.39. The first-order valence-electron chi connectivity index (χ1n) is 5.60. The molecular weight excluding hydrogens is 284 g/mol. The minimum absolute atomic E-state index is 0.124. The van der Waals surface area contributed by atoms with Crippen LogP contribution < -0.4 is 0 Å². The van der Waals surface area contributed by atoms with Gasteiger partial charge in [0.2, 0.25) is 5.91 Å². The molecule has 1 aromatic heterocycles. The Balaban J connectivity index is 1.91. The number of amides is 1. The highest BCUT2D eigenvalue weighted by Crippen LogP contribution is 2.14. The van der Waals surface area contributed by atoms with Gasteiger partial charge in [-0.25, -0.2) is 0 Å². The van der Waals surface area contributed by atoms with E-state index in [0.29, 0.717) is 13.0 Å². The highest BCUT2D eigenvalue weighted by Gasteiger charge is 2.25. The Hall–Kier alpha value is -0.940. The smallest absolute Gasteiger partial charge is 0.228 e. The van der Waals surface area contributed by atoms with Crippen molar-refractivity contribution >= 4 is 21.8 Å². The lowest BCUT2D eigenvalue weighted by atomic mass is 10.2. The molecule has 1 atom stereocenters. The van der Waals surface area contributed by atoms with E-state index in [1.165, 1.54) is 0 Å². The Morgan fingerprint density at radius 3 is 3.06 bits per heavy atom. The van der Waals surface area contributed by atoms with Crippen molar-refractivity contribution in [2.45, 2.75) is 18.9 Å². The van der Waals surface area contributed by atoms with Gasteiger partial charge in [0.05, 0.1) is 12.5 Å². The summed E-state index contributed by atoms with van der Waals surface area (Å²) in [6, 6.07) is 3.77. The summed E-state index contributed by atoms with van der Waals surface area (Å²) >= 11 is 3.32. The van der Waals surface area contributed by atoms with Crippen LogP contribution in [0.4, 0.5) is 0 Å². The number of hydrogen-bond donors (Lipinski definition) is 0. The number of hydrogen-bond acceptors (Lipinski definition) is 3. The highest BCUT2D eigenvalue weighted by molar-refractivity contribution is 9.10. The van der Waals surface area contributed by atoms with Crippen LogP contribution in [-0.4, -0.2) is 42.1 Å². The zero-order valence-electron chi connectivity index (χ0n) is 9.73. The normalized spacial score (nSPS) is 19.6. The second kappa shape index (κ2) is 5.60. The lowest BCUT2D eigenvalue weighted by molar-refractivity contribution is -0.129. The molecule has 0 spiro atoms. The molecule has 0 saturated carbocycles. The lowest BCUT2D eigenvalue weighted by Gasteiger charge is -2.15. The molecule has 1 amide bonds. The summed E-state index contributed by atoms with van der Waals surface area (Å²) in [5.41, 5.74) is 0.805. The Bertz CT molecular complexity index is 394. The minimum atomic E-state index is 0.124. The van der Waals surface area contributed by atoms with Crippen molar-refractivity contribution in [3.05, 3.63) is 28.5 Å². The van der Waals surface area contributed by atoms with Gasteiger partial charge in [-0.1, -0.05) is 0 Å². The number of carbonyl (C=O) groups is 1. The topological polar surface area (TPSA) is 42.4 Å². The Morgan fingerprint density at radius 2 is 2.47 bits per heavy atom. The monoisotopic (exact) mass is 298 g/mol. The van der Waals surface area contributed by atoms with E-state index in [0.717, 1.165) is 23.1 Å². The standard InChI is InChI=1S/C12H15BrN2O2/c1-17-11-4-5-15(8-11)12(16)6-10-3-2-9(13)7-14-10/h2-3,7,11H,4-6,8H2,1H3. The van der Waals surface area contributed by atoms with E-state index in [1.807, 2.05) is 17.0 Å². The molecule has 92 valence electrons. The molecule has 1 aliphatic heterocycles. The van der Waals surface area contributed by atoms with Crippen LogP contribution in [0.25, 0.3) is 0 Å². The van der Waals surface area contributed by atoms with Crippen molar-refractivity contribution in [1.29, 1.82) is 0 Å². The summed E-state index contributed by atoms with van der Waals surface area (Å²) in [7, 11) is 1.69. The summed E-state index contributed by atoms with van der Waals surface area (Å²) in [5, 5.41) is 0. The Labute approximate surface area is 109 Å². The van der Waals surface area contributed by atoms with Crippen molar-refractivity contribution < 1.29 is 9.53 Å². The average molecular weight is 299 g/mol. The fraction of sp³-hybridized carbons (Fsp3) is 0.500. The van der Waals surface area contributed by atoms with E-state index in [-0.39, 0.29) is 12.0 Å². The molecule has 0 radical (unpaired) electrons. The number of methoxy groups -OCH3 is 1. The van der Waals surface area contributed by atoms with Gasteiger partial charge in [0.15, 0.2) is 0 Å². The molecule has 1 aromatic rings. The van der Waals surface area contributed by atoms with E-state index in [1.54, 1.807) is 13.3 Å². The predicted molar refractivity (Wildman–Crippen MR) is 67.6 cm³/mol. The summed E-state index contributed by atoms with van der Waals surface area (Å²) < 4.78 is 6.17. The fourth-order valence-corrected chi connectivity index (χ4v) is 2.16. The number of pyridine rings is 1. The number of halogens is 1. The number of aromatic nitrogens is 1. The third-order valence-electron chi connectivity index (χ3n) is 2.95. The summed E-state index contributed by atoms with van der Waals surface area (Å²) in [6.45, 7) is 1.49. The highest BCUT2D eigenvalue weighted by atomic mass is 79.9. The van der Waals surface area contributed by atoms with Gasteiger partial charge >= 0.3 is 0 Å². The van der Waals surface area contributed by atoms with Gasteiger partial charge in [-0.05, 0) is 34.5 Å². The van der Waals surface area contributed by atoms with Gasteiger partial charge in [0.25, 0.3) is 0 Å². The van der Waals surface area contributed by atoms with Crippen molar-refractivity contribution in [3.63, 3.8) is 0 Å². The molecule has 1 unspecified atom stereocenters. The third kappa shape index (κ3) is 3.26. The summed E-state index contributed by atoms with van der Waals surface area (Å²) in [6.07, 6.45) is 3.20. The van der Waals surface area contributed by atoms with Crippen molar-refractivity contribution in [2.24, 2.45) is 0 Å². The lowest BCUT2D eigenvalue weighted by Crippen LogP contribution is -2.31. The first kappa shape index (κ1) is 12.5. The third-order valence-corrected chi connectivity index (χ3v) is 3.42. The van der Waals surface area contributed by atoms with Crippen LogP contribution >= 0.6 is 15.9 Å². The van der Waals surface area contributed by atoms with E-state index in [2.05, 4.69) is 20.9 Å². The number of rotatable bonds is 3. The summed E-state index contributed by atoms with van der Waals surface area (Å²) in [5.74, 6) is 0.124. The molecule has 0 aliphatic carbocycles. The fourth-order valence-electron chi connectivity index (χ4n) is 1.92. The maximum absolute atomic E-state index is 12.0. The predicted octanol–water partition coefficient (Wildman–Crippen LogP) is 1.63. The molecule has 1 saturated heterocycles. The van der Waals surface area contributed by atoms with Gasteiger partial charge in [-0.2, -0.15) is 0 Å². The molecule has 4 nitrogen and oxygen atoms in total. The van der Waals surface area contributed by atoms with Crippen LogP contribution in [0.2, 0.25) is 0 Å².